The molecule has 1 saturated heterocycles. The molecule has 0 aliphatic carbocycles. The predicted octanol–water partition coefficient (Wildman–Crippen LogP) is 1.65. The summed E-state index contributed by atoms with van der Waals surface area (Å²) in [5.74, 6) is 1.71. The molecule has 0 spiro atoms. The molecule has 2 N–H and O–H groups in total. The van der Waals surface area contributed by atoms with Gasteiger partial charge in [-0.15, -0.1) is 0 Å². The first kappa shape index (κ1) is 13.1. The fourth-order valence-corrected chi connectivity index (χ4v) is 2.27. The summed E-state index contributed by atoms with van der Waals surface area (Å²) in [6.45, 7) is 6.55. The van der Waals surface area contributed by atoms with E-state index >= 15 is 0 Å². The van der Waals surface area contributed by atoms with E-state index in [2.05, 4.69) is 20.2 Å². The van der Waals surface area contributed by atoms with Crippen LogP contribution in [0.2, 0.25) is 0 Å². The van der Waals surface area contributed by atoms with Crippen LogP contribution in [0.3, 0.4) is 0 Å². The summed E-state index contributed by atoms with van der Waals surface area (Å²) < 4.78 is 0. The van der Waals surface area contributed by atoms with Gasteiger partial charge in [-0.1, -0.05) is 0 Å². The van der Waals surface area contributed by atoms with Gasteiger partial charge in [0, 0.05) is 19.6 Å². The van der Waals surface area contributed by atoms with Crippen LogP contribution in [-0.4, -0.2) is 40.3 Å². The molecule has 0 bridgehead atoms. The van der Waals surface area contributed by atoms with E-state index in [1.165, 1.54) is 0 Å². The lowest BCUT2D eigenvalue weighted by molar-refractivity contribution is 0.0481. The van der Waals surface area contributed by atoms with Gasteiger partial charge in [0.2, 0.25) is 0 Å². The van der Waals surface area contributed by atoms with Gasteiger partial charge >= 0.3 is 0 Å². The van der Waals surface area contributed by atoms with E-state index in [1.54, 1.807) is 12.4 Å². The van der Waals surface area contributed by atoms with Crippen LogP contribution in [-0.2, 0) is 0 Å². The number of aromatic nitrogens is 2. The Balaban J connectivity index is 2.08. The largest absolute Gasteiger partial charge is 0.390 e. The molecule has 1 aliphatic heterocycles. The highest BCUT2D eigenvalue weighted by molar-refractivity contribution is 5.43. The maximum absolute atomic E-state index is 10.1. The van der Waals surface area contributed by atoms with Crippen LogP contribution >= 0.6 is 0 Å². The zero-order chi connectivity index (χ0) is 13.0. The Labute approximate surface area is 108 Å². The van der Waals surface area contributed by atoms with Gasteiger partial charge in [-0.25, -0.2) is 4.98 Å². The van der Waals surface area contributed by atoms with E-state index < -0.39 is 5.60 Å². The van der Waals surface area contributed by atoms with E-state index in [0.717, 1.165) is 50.5 Å². The average molecular weight is 250 g/mol. The van der Waals surface area contributed by atoms with Gasteiger partial charge in [0.1, 0.15) is 11.6 Å². The SMILES string of the molecule is CCNc1cncc(N2CCCC(C)(O)CC2)n1. The van der Waals surface area contributed by atoms with Crippen LogP contribution in [0.25, 0.3) is 0 Å². The average Bonchev–Trinajstić information content (AvgIpc) is 2.51. The minimum atomic E-state index is -0.540. The van der Waals surface area contributed by atoms with Gasteiger partial charge < -0.3 is 15.3 Å². The molecule has 1 aromatic heterocycles. The first-order chi connectivity index (χ1) is 8.61. The van der Waals surface area contributed by atoms with Crippen molar-refractivity contribution >= 4 is 11.6 Å². The van der Waals surface area contributed by atoms with Crippen LogP contribution < -0.4 is 10.2 Å². The summed E-state index contributed by atoms with van der Waals surface area (Å²) in [5, 5.41) is 13.3. The van der Waals surface area contributed by atoms with E-state index in [9.17, 15) is 5.11 Å². The number of hydrogen-bond acceptors (Lipinski definition) is 5. The van der Waals surface area contributed by atoms with Gasteiger partial charge in [0.25, 0.3) is 0 Å². The maximum atomic E-state index is 10.1. The molecule has 0 saturated carbocycles. The summed E-state index contributed by atoms with van der Waals surface area (Å²) in [4.78, 5) is 11.0. The molecule has 1 unspecified atom stereocenters. The minimum absolute atomic E-state index is 0.540. The third-order valence-electron chi connectivity index (χ3n) is 3.37. The number of anilines is 2. The lowest BCUT2D eigenvalue weighted by Gasteiger charge is -2.23. The van der Waals surface area contributed by atoms with Crippen LogP contribution in [0.15, 0.2) is 12.4 Å². The summed E-state index contributed by atoms with van der Waals surface area (Å²) in [7, 11) is 0. The highest BCUT2D eigenvalue weighted by Gasteiger charge is 2.25. The first-order valence-corrected chi connectivity index (χ1v) is 6.64. The molecule has 5 nitrogen and oxygen atoms in total. The fraction of sp³-hybridized carbons (Fsp3) is 0.692. The van der Waals surface area contributed by atoms with Crippen LogP contribution in [0.4, 0.5) is 11.6 Å². The standard InChI is InChI=1S/C13H22N4O/c1-3-15-11-9-14-10-12(16-11)17-7-4-5-13(2,18)6-8-17/h9-10,18H,3-8H2,1-2H3,(H,15,16). The second kappa shape index (κ2) is 5.52. The molecule has 18 heavy (non-hydrogen) atoms. The molecular weight excluding hydrogens is 228 g/mol. The topological polar surface area (TPSA) is 61.3 Å². The maximum Gasteiger partial charge on any atom is 0.149 e. The molecule has 1 aromatic rings. The van der Waals surface area contributed by atoms with Crippen LogP contribution in [0.5, 0.6) is 0 Å². The molecule has 0 amide bonds. The van der Waals surface area contributed by atoms with Crippen molar-refractivity contribution in [3.63, 3.8) is 0 Å². The Bertz CT molecular complexity index is 394. The first-order valence-electron chi connectivity index (χ1n) is 6.64. The van der Waals surface area contributed by atoms with Crippen molar-refractivity contribution in [1.29, 1.82) is 0 Å². The summed E-state index contributed by atoms with van der Waals surface area (Å²) in [5.41, 5.74) is -0.540. The van der Waals surface area contributed by atoms with Crippen molar-refractivity contribution < 1.29 is 5.11 Å². The number of nitrogens with one attached hydrogen (secondary N) is 1. The van der Waals surface area contributed by atoms with Gasteiger partial charge in [-0.05, 0) is 33.1 Å². The Hall–Kier alpha value is -1.36. The fourth-order valence-electron chi connectivity index (χ4n) is 2.27. The lowest BCUT2D eigenvalue weighted by atomic mass is 9.98. The molecule has 5 heteroatoms. The predicted molar refractivity (Wildman–Crippen MR) is 72.9 cm³/mol. The number of aliphatic hydroxyl groups is 1. The zero-order valence-corrected chi connectivity index (χ0v) is 11.2. The van der Waals surface area contributed by atoms with Crippen molar-refractivity contribution in [2.24, 2.45) is 0 Å². The lowest BCUT2D eigenvalue weighted by Crippen LogP contribution is -2.29. The van der Waals surface area contributed by atoms with Crippen LogP contribution in [0.1, 0.15) is 33.1 Å². The highest BCUT2D eigenvalue weighted by atomic mass is 16.3. The van der Waals surface area contributed by atoms with Crippen molar-refractivity contribution in [3.8, 4) is 0 Å². The Morgan fingerprint density at radius 2 is 2.22 bits per heavy atom. The Kier molecular flexibility index (Phi) is 4.01. The quantitative estimate of drug-likeness (QED) is 0.854. The minimum Gasteiger partial charge on any atom is -0.390 e. The monoisotopic (exact) mass is 250 g/mol. The molecule has 0 aromatic carbocycles. The second-order valence-corrected chi connectivity index (χ2v) is 5.13. The molecule has 1 atom stereocenters. The number of rotatable bonds is 3. The van der Waals surface area contributed by atoms with E-state index in [-0.39, 0.29) is 0 Å². The third kappa shape index (κ3) is 3.32. The van der Waals surface area contributed by atoms with Gasteiger partial charge in [-0.3, -0.25) is 4.98 Å². The third-order valence-corrected chi connectivity index (χ3v) is 3.37. The van der Waals surface area contributed by atoms with Crippen molar-refractivity contribution in [3.05, 3.63) is 12.4 Å². The summed E-state index contributed by atoms with van der Waals surface area (Å²) in [6, 6.07) is 0. The van der Waals surface area contributed by atoms with Crippen molar-refractivity contribution in [1.82, 2.24) is 9.97 Å². The molecule has 1 fully saturated rings. The number of hydrogen-bond donors (Lipinski definition) is 2. The molecule has 100 valence electrons. The van der Waals surface area contributed by atoms with Gasteiger partial charge in [-0.2, -0.15) is 0 Å². The normalized spacial score (nSPS) is 24.7. The number of nitrogens with zero attached hydrogens (tertiary/aromatic N) is 3. The smallest absolute Gasteiger partial charge is 0.149 e. The van der Waals surface area contributed by atoms with Crippen molar-refractivity contribution in [2.75, 3.05) is 29.9 Å². The highest BCUT2D eigenvalue weighted by Crippen LogP contribution is 2.24. The second-order valence-electron chi connectivity index (χ2n) is 5.13. The van der Waals surface area contributed by atoms with Gasteiger partial charge in [0.05, 0.1) is 18.0 Å². The van der Waals surface area contributed by atoms with Crippen molar-refractivity contribution in [2.45, 2.75) is 38.7 Å². The Morgan fingerprint density at radius 1 is 1.39 bits per heavy atom. The summed E-state index contributed by atoms with van der Waals surface area (Å²) >= 11 is 0. The van der Waals surface area contributed by atoms with E-state index in [0.29, 0.717) is 0 Å². The van der Waals surface area contributed by atoms with Crippen LogP contribution in [0, 0.1) is 0 Å². The van der Waals surface area contributed by atoms with E-state index in [1.807, 2.05) is 13.8 Å². The van der Waals surface area contributed by atoms with E-state index in [4.69, 9.17) is 0 Å². The van der Waals surface area contributed by atoms with Gasteiger partial charge in [0.15, 0.2) is 0 Å². The molecule has 2 rings (SSSR count). The molecule has 0 radical (unpaired) electrons. The molecular formula is C13H22N4O. The molecule has 1 aliphatic rings. The zero-order valence-electron chi connectivity index (χ0n) is 11.2. The Morgan fingerprint density at radius 3 is 3.00 bits per heavy atom. The molecule has 2 heterocycles. The summed E-state index contributed by atoms with van der Waals surface area (Å²) in [6.07, 6.45) is 6.14.